The maximum atomic E-state index is 11.8. The number of rotatable bonds is 12. The molecule has 0 saturated carbocycles. The lowest BCUT2D eigenvalue weighted by Gasteiger charge is -2.24. The molecule has 0 saturated heterocycles. The smallest absolute Gasteiger partial charge is 0.315 e. The van der Waals surface area contributed by atoms with Crippen LogP contribution in [0.3, 0.4) is 0 Å². The van der Waals surface area contributed by atoms with Crippen molar-refractivity contribution in [2.24, 2.45) is 0 Å². The van der Waals surface area contributed by atoms with E-state index >= 15 is 0 Å². The Morgan fingerprint density at radius 3 is 1.80 bits per heavy atom. The first-order valence-electron chi connectivity index (χ1n) is 11.5. The summed E-state index contributed by atoms with van der Waals surface area (Å²) in [6.45, 7) is 7.28. The van der Waals surface area contributed by atoms with E-state index < -0.39 is 11.0 Å². The zero-order valence-corrected chi connectivity index (χ0v) is 20.7. The molecule has 186 valence electrons. The number of benzene rings is 3. The summed E-state index contributed by atoms with van der Waals surface area (Å²) in [5.41, 5.74) is 2.40. The molecule has 0 aliphatic carbocycles. The Hall–Kier alpha value is -3.42. The monoisotopic (exact) mass is 479 g/mol. The van der Waals surface area contributed by atoms with Crippen LogP contribution in [0.2, 0.25) is 0 Å². The average Bonchev–Trinajstić information content (AvgIpc) is 2.84. The maximum absolute atomic E-state index is 11.8. The molecular weight excluding hydrogens is 446 g/mol. The summed E-state index contributed by atoms with van der Waals surface area (Å²) in [7, 11) is 1.40. The van der Waals surface area contributed by atoms with Crippen LogP contribution in [0.15, 0.2) is 72.8 Å². The lowest BCUT2D eigenvalue weighted by atomic mass is 9.86. The molecule has 7 nitrogen and oxygen atoms in total. The fourth-order valence-corrected chi connectivity index (χ4v) is 3.51. The van der Waals surface area contributed by atoms with Crippen LogP contribution in [0.5, 0.6) is 11.5 Å². The average molecular weight is 480 g/mol. The van der Waals surface area contributed by atoms with Gasteiger partial charge in [-0.15, -0.1) is 0 Å². The van der Waals surface area contributed by atoms with Gasteiger partial charge in [-0.2, -0.15) is 0 Å². The molecule has 3 aromatic carbocycles. The molecule has 0 N–H and O–H groups in total. The second kappa shape index (κ2) is 12.3. The molecule has 3 aromatic rings. The predicted molar refractivity (Wildman–Crippen MR) is 135 cm³/mol. The topological polar surface area (TPSA) is 80.1 Å². The SMILES string of the molecule is COc1c(OC(COCc2ccccc2)COCc2ccccc2)cc(C(C)(C)C)cc1[N+](=O)[O-]. The molecule has 0 unspecified atom stereocenters. The summed E-state index contributed by atoms with van der Waals surface area (Å²) in [5, 5.41) is 11.8. The Kier molecular flexibility index (Phi) is 9.23. The van der Waals surface area contributed by atoms with Gasteiger partial charge in [-0.1, -0.05) is 81.4 Å². The zero-order valence-electron chi connectivity index (χ0n) is 20.7. The van der Waals surface area contributed by atoms with Crippen LogP contribution in [-0.4, -0.2) is 31.4 Å². The van der Waals surface area contributed by atoms with Gasteiger partial charge in [0.25, 0.3) is 0 Å². The van der Waals surface area contributed by atoms with Crippen LogP contribution in [-0.2, 0) is 28.1 Å². The highest BCUT2D eigenvalue weighted by Crippen LogP contribution is 2.41. The van der Waals surface area contributed by atoms with Crippen LogP contribution >= 0.6 is 0 Å². The number of nitro groups is 1. The molecule has 0 atom stereocenters. The fourth-order valence-electron chi connectivity index (χ4n) is 3.51. The van der Waals surface area contributed by atoms with Crippen molar-refractivity contribution in [3.63, 3.8) is 0 Å². The van der Waals surface area contributed by atoms with Gasteiger partial charge in [-0.25, -0.2) is 0 Å². The molecule has 0 spiro atoms. The van der Waals surface area contributed by atoms with E-state index in [0.29, 0.717) is 19.0 Å². The summed E-state index contributed by atoms with van der Waals surface area (Å²) >= 11 is 0. The van der Waals surface area contributed by atoms with Gasteiger partial charge in [-0.05, 0) is 28.2 Å². The van der Waals surface area contributed by atoms with Gasteiger partial charge in [0.2, 0.25) is 5.75 Å². The van der Waals surface area contributed by atoms with E-state index in [9.17, 15) is 10.1 Å². The first kappa shape index (κ1) is 26.2. The minimum Gasteiger partial charge on any atom is -0.488 e. The lowest BCUT2D eigenvalue weighted by Crippen LogP contribution is -2.29. The Morgan fingerprint density at radius 1 is 0.857 bits per heavy atom. The quantitative estimate of drug-likeness (QED) is 0.231. The van der Waals surface area contributed by atoms with Crippen LogP contribution in [0.4, 0.5) is 5.69 Å². The van der Waals surface area contributed by atoms with E-state index in [-0.39, 0.29) is 30.1 Å². The highest BCUT2D eigenvalue weighted by atomic mass is 16.6. The summed E-state index contributed by atoms with van der Waals surface area (Å²) in [4.78, 5) is 11.3. The third-order valence-corrected chi connectivity index (χ3v) is 5.43. The highest BCUT2D eigenvalue weighted by molar-refractivity contribution is 5.59. The first-order valence-corrected chi connectivity index (χ1v) is 11.5. The molecule has 0 aliphatic heterocycles. The van der Waals surface area contributed by atoms with Crippen molar-refractivity contribution < 1.29 is 23.9 Å². The molecule has 7 heteroatoms. The summed E-state index contributed by atoms with van der Waals surface area (Å²) < 4.78 is 23.5. The number of methoxy groups -OCH3 is 1. The minimum atomic E-state index is -0.508. The van der Waals surface area contributed by atoms with Crippen molar-refractivity contribution in [1.29, 1.82) is 0 Å². The van der Waals surface area contributed by atoms with E-state index in [0.717, 1.165) is 16.7 Å². The molecule has 3 rings (SSSR count). The van der Waals surface area contributed by atoms with E-state index in [4.69, 9.17) is 18.9 Å². The van der Waals surface area contributed by atoms with Crippen LogP contribution in [0.25, 0.3) is 0 Å². The van der Waals surface area contributed by atoms with Gasteiger partial charge < -0.3 is 18.9 Å². The molecule has 0 aromatic heterocycles. The number of hydrogen-bond acceptors (Lipinski definition) is 6. The van der Waals surface area contributed by atoms with Crippen molar-refractivity contribution in [2.75, 3.05) is 20.3 Å². The van der Waals surface area contributed by atoms with Crippen molar-refractivity contribution >= 4 is 5.69 Å². The van der Waals surface area contributed by atoms with Crippen molar-refractivity contribution in [1.82, 2.24) is 0 Å². The third-order valence-electron chi connectivity index (χ3n) is 5.43. The minimum absolute atomic E-state index is 0.0825. The molecule has 35 heavy (non-hydrogen) atoms. The van der Waals surface area contributed by atoms with Gasteiger partial charge in [0, 0.05) is 6.07 Å². The number of ether oxygens (including phenoxy) is 4. The largest absolute Gasteiger partial charge is 0.488 e. The number of hydrogen-bond donors (Lipinski definition) is 0. The van der Waals surface area contributed by atoms with Gasteiger partial charge in [0.15, 0.2) is 5.75 Å². The van der Waals surface area contributed by atoms with Crippen molar-refractivity contribution in [3.8, 4) is 11.5 Å². The molecule has 0 fully saturated rings. The Labute approximate surface area is 206 Å². The zero-order chi connectivity index (χ0) is 25.3. The first-order chi connectivity index (χ1) is 16.8. The van der Waals surface area contributed by atoms with E-state index in [2.05, 4.69) is 0 Å². The predicted octanol–water partition coefficient (Wildman–Crippen LogP) is 6.08. The van der Waals surface area contributed by atoms with Gasteiger partial charge in [-0.3, -0.25) is 10.1 Å². The molecule has 0 amide bonds. The normalized spacial score (nSPS) is 11.5. The molecule has 0 heterocycles. The van der Waals surface area contributed by atoms with Gasteiger partial charge in [0.05, 0.1) is 38.5 Å². The van der Waals surface area contributed by atoms with E-state index in [1.807, 2.05) is 81.4 Å². The Bertz CT molecular complexity index is 1030. The standard InChI is InChI=1S/C28H33NO6/c1-28(2,3)23-15-25(29(30)31)27(32-4)26(16-23)35-24(19-33-17-21-11-7-5-8-12-21)20-34-18-22-13-9-6-10-14-22/h5-16,24H,17-20H2,1-4H3. The fraction of sp³-hybridized carbons (Fsp3) is 0.357. The number of nitrogens with zero attached hydrogens (tertiary/aromatic N) is 1. The third kappa shape index (κ3) is 7.80. The molecular formula is C28H33NO6. The van der Waals surface area contributed by atoms with Crippen LogP contribution in [0, 0.1) is 10.1 Å². The highest BCUT2D eigenvalue weighted by Gasteiger charge is 2.28. The van der Waals surface area contributed by atoms with E-state index in [1.165, 1.54) is 7.11 Å². The number of nitro benzene ring substituents is 1. The molecule has 0 radical (unpaired) electrons. The summed E-state index contributed by atoms with van der Waals surface area (Å²) in [6, 6.07) is 23.0. The molecule has 0 aliphatic rings. The van der Waals surface area contributed by atoms with Crippen molar-refractivity contribution in [2.45, 2.75) is 45.5 Å². The van der Waals surface area contributed by atoms with Crippen molar-refractivity contribution in [3.05, 3.63) is 99.6 Å². The summed E-state index contributed by atoms with van der Waals surface area (Å²) in [6.07, 6.45) is -0.508. The van der Waals surface area contributed by atoms with E-state index in [1.54, 1.807) is 12.1 Å². The molecule has 0 bridgehead atoms. The lowest BCUT2D eigenvalue weighted by molar-refractivity contribution is -0.385. The van der Waals surface area contributed by atoms with Gasteiger partial charge >= 0.3 is 5.69 Å². The maximum Gasteiger partial charge on any atom is 0.315 e. The second-order valence-electron chi connectivity index (χ2n) is 9.28. The summed E-state index contributed by atoms with van der Waals surface area (Å²) in [5.74, 6) is 0.377. The van der Waals surface area contributed by atoms with Gasteiger partial charge in [0.1, 0.15) is 6.10 Å². The van der Waals surface area contributed by atoms with Crippen LogP contribution in [0.1, 0.15) is 37.5 Å². The Balaban J connectivity index is 1.81. The Morgan fingerprint density at radius 2 is 1.37 bits per heavy atom. The van der Waals surface area contributed by atoms with Crippen LogP contribution < -0.4 is 9.47 Å². The second-order valence-corrected chi connectivity index (χ2v) is 9.28.